The predicted octanol–water partition coefficient (Wildman–Crippen LogP) is 5.45. The molecule has 0 saturated carbocycles. The number of aromatic nitrogens is 2. The molecule has 0 saturated heterocycles. The number of halogens is 2. The maximum atomic E-state index is 6.14. The molecule has 0 atom stereocenters. The van der Waals surface area contributed by atoms with Gasteiger partial charge in [0.25, 0.3) is 0 Å². The summed E-state index contributed by atoms with van der Waals surface area (Å²) in [7, 11) is 0. The summed E-state index contributed by atoms with van der Waals surface area (Å²) < 4.78 is 0. The monoisotopic (exact) mass is 308 g/mol. The SMILES string of the molecule is Cc1[nH]cnc1C=CCCCCc1c(Cl)cccc1Cl. The first-order valence-electron chi connectivity index (χ1n) is 6.78. The number of H-pyrrole nitrogens is 1. The first kappa shape index (κ1) is 15.1. The molecule has 1 aromatic heterocycles. The fourth-order valence-electron chi connectivity index (χ4n) is 2.07. The first-order chi connectivity index (χ1) is 9.68. The van der Waals surface area contributed by atoms with Crippen LogP contribution < -0.4 is 0 Å². The fraction of sp³-hybridized carbons (Fsp3) is 0.312. The highest BCUT2D eigenvalue weighted by Crippen LogP contribution is 2.26. The smallest absolute Gasteiger partial charge is 0.0929 e. The molecule has 2 aromatic rings. The fourth-order valence-corrected chi connectivity index (χ4v) is 2.65. The van der Waals surface area contributed by atoms with Gasteiger partial charge in [0.2, 0.25) is 0 Å². The quantitative estimate of drug-likeness (QED) is 0.706. The number of unbranched alkanes of at least 4 members (excludes halogenated alkanes) is 2. The van der Waals surface area contributed by atoms with E-state index in [2.05, 4.69) is 22.1 Å². The number of hydrogen-bond acceptors (Lipinski definition) is 1. The van der Waals surface area contributed by atoms with Gasteiger partial charge in [0.1, 0.15) is 0 Å². The molecule has 0 aliphatic rings. The minimum Gasteiger partial charge on any atom is -0.348 e. The lowest BCUT2D eigenvalue weighted by Gasteiger charge is -2.05. The van der Waals surface area contributed by atoms with Gasteiger partial charge in [0.15, 0.2) is 0 Å². The van der Waals surface area contributed by atoms with Gasteiger partial charge in [0.05, 0.1) is 12.0 Å². The summed E-state index contributed by atoms with van der Waals surface area (Å²) in [5.74, 6) is 0. The molecule has 0 fully saturated rings. The lowest BCUT2D eigenvalue weighted by molar-refractivity contribution is 0.749. The number of imidazole rings is 1. The number of benzene rings is 1. The Hall–Kier alpha value is -1.25. The van der Waals surface area contributed by atoms with E-state index in [-0.39, 0.29) is 0 Å². The van der Waals surface area contributed by atoms with Crippen molar-refractivity contribution in [1.82, 2.24) is 9.97 Å². The van der Waals surface area contributed by atoms with Crippen molar-refractivity contribution in [3.05, 3.63) is 57.6 Å². The molecule has 1 N–H and O–H groups in total. The van der Waals surface area contributed by atoms with E-state index in [0.717, 1.165) is 52.7 Å². The Bertz CT molecular complexity index is 568. The molecular formula is C16H18Cl2N2. The van der Waals surface area contributed by atoms with Crippen LogP contribution in [0.4, 0.5) is 0 Å². The number of rotatable bonds is 6. The number of aryl methyl sites for hydroxylation is 1. The number of hydrogen-bond donors (Lipinski definition) is 1. The third kappa shape index (κ3) is 4.12. The van der Waals surface area contributed by atoms with Crippen molar-refractivity contribution < 1.29 is 0 Å². The molecule has 1 heterocycles. The molecular weight excluding hydrogens is 291 g/mol. The average Bonchev–Trinajstić information content (AvgIpc) is 2.82. The first-order valence-corrected chi connectivity index (χ1v) is 7.53. The Kier molecular flexibility index (Phi) is 5.69. The number of aromatic amines is 1. The Morgan fingerprint density at radius 3 is 2.60 bits per heavy atom. The van der Waals surface area contributed by atoms with Crippen molar-refractivity contribution in [1.29, 1.82) is 0 Å². The van der Waals surface area contributed by atoms with E-state index in [0.29, 0.717) is 0 Å². The number of nitrogens with zero attached hydrogens (tertiary/aromatic N) is 1. The Balaban J connectivity index is 1.75. The van der Waals surface area contributed by atoms with Crippen molar-refractivity contribution in [3.63, 3.8) is 0 Å². The van der Waals surface area contributed by atoms with Gasteiger partial charge in [-0.05, 0) is 56.4 Å². The predicted molar refractivity (Wildman–Crippen MR) is 86.4 cm³/mol. The summed E-state index contributed by atoms with van der Waals surface area (Å²) in [6, 6.07) is 5.66. The minimum atomic E-state index is 0.764. The summed E-state index contributed by atoms with van der Waals surface area (Å²) in [5, 5.41) is 1.53. The van der Waals surface area contributed by atoms with Crippen molar-refractivity contribution in [2.24, 2.45) is 0 Å². The van der Waals surface area contributed by atoms with Crippen LogP contribution in [-0.4, -0.2) is 9.97 Å². The number of allylic oxidation sites excluding steroid dienone is 1. The zero-order valence-corrected chi connectivity index (χ0v) is 13.0. The molecule has 20 heavy (non-hydrogen) atoms. The van der Waals surface area contributed by atoms with Gasteiger partial charge in [-0.1, -0.05) is 35.3 Å². The zero-order chi connectivity index (χ0) is 14.4. The molecule has 0 aliphatic heterocycles. The molecule has 0 bridgehead atoms. The van der Waals surface area contributed by atoms with Crippen molar-refractivity contribution in [2.45, 2.75) is 32.6 Å². The van der Waals surface area contributed by atoms with Crippen LogP contribution >= 0.6 is 23.2 Å². The summed E-state index contributed by atoms with van der Waals surface area (Å²) in [5.41, 5.74) is 3.17. The van der Waals surface area contributed by atoms with E-state index in [9.17, 15) is 0 Å². The van der Waals surface area contributed by atoms with Gasteiger partial charge < -0.3 is 4.98 Å². The Morgan fingerprint density at radius 1 is 1.20 bits per heavy atom. The van der Waals surface area contributed by atoms with Crippen LogP contribution in [0, 0.1) is 6.92 Å². The summed E-state index contributed by atoms with van der Waals surface area (Å²) in [6.07, 6.45) is 10.1. The maximum Gasteiger partial charge on any atom is 0.0929 e. The van der Waals surface area contributed by atoms with Gasteiger partial charge in [-0.3, -0.25) is 0 Å². The molecule has 0 unspecified atom stereocenters. The van der Waals surface area contributed by atoms with E-state index in [4.69, 9.17) is 23.2 Å². The second-order valence-corrected chi connectivity index (χ2v) is 5.58. The molecule has 0 spiro atoms. The van der Waals surface area contributed by atoms with E-state index < -0.39 is 0 Å². The van der Waals surface area contributed by atoms with Crippen molar-refractivity contribution in [2.75, 3.05) is 0 Å². The van der Waals surface area contributed by atoms with Crippen LogP contribution in [0.25, 0.3) is 6.08 Å². The van der Waals surface area contributed by atoms with E-state index in [1.165, 1.54) is 0 Å². The third-order valence-electron chi connectivity index (χ3n) is 3.25. The minimum absolute atomic E-state index is 0.764. The van der Waals surface area contributed by atoms with E-state index in [1.54, 1.807) is 6.33 Å². The van der Waals surface area contributed by atoms with Gasteiger partial charge in [-0.2, -0.15) is 0 Å². The standard InChI is InChI=1S/C16H18Cl2N2/c1-12-16(20-11-19-12)10-5-3-2-4-7-13-14(17)8-6-9-15(13)18/h5-6,8-11H,2-4,7H2,1H3,(H,19,20). The maximum absolute atomic E-state index is 6.14. The van der Waals surface area contributed by atoms with E-state index >= 15 is 0 Å². The normalized spacial score (nSPS) is 11.3. The highest BCUT2D eigenvalue weighted by atomic mass is 35.5. The van der Waals surface area contributed by atoms with Crippen LogP contribution in [0.2, 0.25) is 10.0 Å². The number of nitrogens with one attached hydrogen (secondary N) is 1. The Morgan fingerprint density at radius 2 is 1.95 bits per heavy atom. The Labute approximate surface area is 129 Å². The zero-order valence-electron chi connectivity index (χ0n) is 11.5. The van der Waals surface area contributed by atoms with Crippen LogP contribution in [0.5, 0.6) is 0 Å². The summed E-state index contributed by atoms with van der Waals surface area (Å²) in [6.45, 7) is 2.02. The summed E-state index contributed by atoms with van der Waals surface area (Å²) >= 11 is 12.3. The van der Waals surface area contributed by atoms with Crippen LogP contribution in [-0.2, 0) is 6.42 Å². The molecule has 106 valence electrons. The van der Waals surface area contributed by atoms with Gasteiger partial charge in [0, 0.05) is 15.7 Å². The molecule has 0 aliphatic carbocycles. The summed E-state index contributed by atoms with van der Waals surface area (Å²) in [4.78, 5) is 7.29. The molecule has 2 nitrogen and oxygen atoms in total. The molecule has 0 amide bonds. The van der Waals surface area contributed by atoms with Crippen molar-refractivity contribution in [3.8, 4) is 0 Å². The van der Waals surface area contributed by atoms with Crippen molar-refractivity contribution >= 4 is 29.3 Å². The van der Waals surface area contributed by atoms with Crippen LogP contribution in [0.1, 0.15) is 36.2 Å². The molecule has 2 rings (SSSR count). The van der Waals surface area contributed by atoms with Crippen LogP contribution in [0.15, 0.2) is 30.6 Å². The second kappa shape index (κ2) is 7.51. The third-order valence-corrected chi connectivity index (χ3v) is 3.96. The van der Waals surface area contributed by atoms with E-state index in [1.807, 2.05) is 25.1 Å². The van der Waals surface area contributed by atoms with Crippen LogP contribution in [0.3, 0.4) is 0 Å². The lowest BCUT2D eigenvalue weighted by Crippen LogP contribution is -1.88. The molecule has 4 heteroatoms. The highest BCUT2D eigenvalue weighted by Gasteiger charge is 2.04. The van der Waals surface area contributed by atoms with Gasteiger partial charge in [-0.15, -0.1) is 0 Å². The lowest BCUT2D eigenvalue weighted by atomic mass is 10.1. The second-order valence-electron chi connectivity index (χ2n) is 4.76. The van der Waals surface area contributed by atoms with Gasteiger partial charge >= 0.3 is 0 Å². The highest BCUT2D eigenvalue weighted by molar-refractivity contribution is 6.35. The molecule has 0 radical (unpaired) electrons. The largest absolute Gasteiger partial charge is 0.348 e. The average molecular weight is 309 g/mol. The molecule has 1 aromatic carbocycles. The van der Waals surface area contributed by atoms with Gasteiger partial charge in [-0.25, -0.2) is 4.98 Å². The topological polar surface area (TPSA) is 28.7 Å².